The van der Waals surface area contributed by atoms with Crippen molar-refractivity contribution in [2.24, 2.45) is 11.1 Å². The van der Waals surface area contributed by atoms with Crippen molar-refractivity contribution in [2.75, 3.05) is 45.1 Å². The summed E-state index contributed by atoms with van der Waals surface area (Å²) in [4.78, 5) is 29.2. The molecule has 1 aromatic carbocycles. The van der Waals surface area contributed by atoms with Gasteiger partial charge in [-0.25, -0.2) is 0 Å². The fourth-order valence-corrected chi connectivity index (χ4v) is 4.19. The molecule has 2 aliphatic rings. The summed E-state index contributed by atoms with van der Waals surface area (Å²) in [7, 11) is 2.07. The average molecular weight is 445 g/mol. The van der Waals surface area contributed by atoms with Crippen LogP contribution in [0, 0.1) is 5.41 Å². The number of likely N-dealkylation sites (N-methyl/N-ethyl adjacent to an activating group) is 1. The number of nitrogens with one attached hydrogen (secondary N) is 1. The highest BCUT2D eigenvalue weighted by Gasteiger charge is 2.33. The summed E-state index contributed by atoms with van der Waals surface area (Å²) < 4.78 is 0. The Morgan fingerprint density at radius 1 is 1.00 bits per heavy atom. The number of anilines is 1. The minimum atomic E-state index is -0.0420. The molecular formula is C21H34Cl2N4O2. The molecule has 164 valence electrons. The van der Waals surface area contributed by atoms with E-state index in [4.69, 9.17) is 5.73 Å². The monoisotopic (exact) mass is 444 g/mol. The van der Waals surface area contributed by atoms with Gasteiger partial charge in [0.1, 0.15) is 0 Å². The van der Waals surface area contributed by atoms with Crippen molar-refractivity contribution in [2.45, 2.75) is 38.5 Å². The Morgan fingerprint density at radius 2 is 1.59 bits per heavy atom. The lowest BCUT2D eigenvalue weighted by Crippen LogP contribution is -2.47. The van der Waals surface area contributed by atoms with Crippen LogP contribution in [-0.4, -0.2) is 61.4 Å². The molecule has 1 heterocycles. The van der Waals surface area contributed by atoms with Gasteiger partial charge in [0.25, 0.3) is 5.91 Å². The Balaban J connectivity index is 0.00000210. The van der Waals surface area contributed by atoms with E-state index in [9.17, 15) is 9.59 Å². The van der Waals surface area contributed by atoms with Crippen LogP contribution >= 0.6 is 24.8 Å². The zero-order valence-electron chi connectivity index (χ0n) is 17.2. The summed E-state index contributed by atoms with van der Waals surface area (Å²) in [6.45, 7) is 3.90. The van der Waals surface area contributed by atoms with Crippen molar-refractivity contribution in [1.29, 1.82) is 0 Å². The molecule has 0 spiro atoms. The number of halogens is 2. The third-order valence-corrected chi connectivity index (χ3v) is 6.09. The summed E-state index contributed by atoms with van der Waals surface area (Å²) in [5.41, 5.74) is 7.35. The van der Waals surface area contributed by atoms with Crippen molar-refractivity contribution in [3.05, 3.63) is 29.8 Å². The molecule has 29 heavy (non-hydrogen) atoms. The third-order valence-electron chi connectivity index (χ3n) is 6.09. The molecule has 1 aliphatic heterocycles. The maximum Gasteiger partial charge on any atom is 0.253 e. The van der Waals surface area contributed by atoms with Crippen LogP contribution in [0.2, 0.25) is 0 Å². The lowest BCUT2D eigenvalue weighted by molar-refractivity contribution is -0.118. The molecule has 1 saturated heterocycles. The smallest absolute Gasteiger partial charge is 0.253 e. The number of nitrogens with zero attached hydrogens (tertiary/aromatic N) is 2. The van der Waals surface area contributed by atoms with Crippen LogP contribution in [0.15, 0.2) is 24.3 Å². The number of nitrogens with two attached hydrogens (primary N) is 1. The van der Waals surface area contributed by atoms with Gasteiger partial charge in [-0.3, -0.25) is 9.59 Å². The van der Waals surface area contributed by atoms with Crippen LogP contribution < -0.4 is 11.1 Å². The van der Waals surface area contributed by atoms with Gasteiger partial charge in [0, 0.05) is 43.9 Å². The molecule has 0 radical (unpaired) electrons. The SMILES string of the molecule is CN1CCN(C(=O)c2ccc(NC(=O)CC3(CN)CCCCC3)cc2)CC1.Cl.Cl. The van der Waals surface area contributed by atoms with Crippen LogP contribution in [-0.2, 0) is 4.79 Å². The lowest BCUT2D eigenvalue weighted by Gasteiger charge is -2.35. The Labute approximate surface area is 186 Å². The third kappa shape index (κ3) is 6.85. The lowest BCUT2D eigenvalue weighted by atomic mass is 9.71. The first-order valence-electron chi connectivity index (χ1n) is 10.1. The quantitative estimate of drug-likeness (QED) is 0.730. The zero-order valence-corrected chi connectivity index (χ0v) is 18.8. The second-order valence-corrected chi connectivity index (χ2v) is 8.16. The number of carbonyl (C=O) groups excluding carboxylic acids is 2. The molecule has 6 nitrogen and oxygen atoms in total. The first kappa shape index (κ1) is 25.7. The van der Waals surface area contributed by atoms with Gasteiger partial charge in [0.15, 0.2) is 0 Å². The second-order valence-electron chi connectivity index (χ2n) is 8.16. The second kappa shape index (κ2) is 11.7. The summed E-state index contributed by atoms with van der Waals surface area (Å²) in [5, 5.41) is 2.97. The normalized spacial score (nSPS) is 18.9. The minimum absolute atomic E-state index is 0. The first-order chi connectivity index (χ1) is 13.0. The van der Waals surface area contributed by atoms with Crippen molar-refractivity contribution in [3.63, 3.8) is 0 Å². The van der Waals surface area contributed by atoms with E-state index in [0.717, 1.165) is 57.5 Å². The Kier molecular flexibility index (Phi) is 10.4. The molecule has 1 saturated carbocycles. The molecule has 0 unspecified atom stereocenters. The molecule has 0 atom stereocenters. The minimum Gasteiger partial charge on any atom is -0.336 e. The summed E-state index contributed by atoms with van der Waals surface area (Å²) >= 11 is 0. The number of hydrogen-bond acceptors (Lipinski definition) is 4. The highest BCUT2D eigenvalue weighted by Crippen LogP contribution is 2.38. The maximum absolute atomic E-state index is 12.6. The summed E-state index contributed by atoms with van der Waals surface area (Å²) in [5.74, 6) is 0.0748. The van der Waals surface area contributed by atoms with E-state index in [-0.39, 0.29) is 42.0 Å². The van der Waals surface area contributed by atoms with Crippen molar-refractivity contribution in [3.8, 4) is 0 Å². The van der Waals surface area contributed by atoms with E-state index in [1.54, 1.807) is 12.1 Å². The van der Waals surface area contributed by atoms with Gasteiger partial charge < -0.3 is 20.9 Å². The number of benzene rings is 1. The number of hydrogen-bond donors (Lipinski definition) is 2. The van der Waals surface area contributed by atoms with E-state index in [1.165, 1.54) is 6.42 Å². The number of amides is 2. The van der Waals surface area contributed by atoms with Crippen molar-refractivity contribution >= 4 is 42.3 Å². The fourth-order valence-electron chi connectivity index (χ4n) is 4.19. The molecule has 2 fully saturated rings. The van der Waals surface area contributed by atoms with Crippen LogP contribution in [0.25, 0.3) is 0 Å². The molecule has 8 heteroatoms. The number of piperazine rings is 1. The Bertz CT molecular complexity index is 655. The van der Waals surface area contributed by atoms with Crippen LogP contribution in [0.3, 0.4) is 0 Å². The van der Waals surface area contributed by atoms with E-state index in [1.807, 2.05) is 17.0 Å². The Morgan fingerprint density at radius 3 is 2.14 bits per heavy atom. The number of rotatable bonds is 5. The van der Waals surface area contributed by atoms with E-state index >= 15 is 0 Å². The summed E-state index contributed by atoms with van der Waals surface area (Å²) in [6.07, 6.45) is 6.11. The van der Waals surface area contributed by atoms with E-state index < -0.39 is 0 Å². The van der Waals surface area contributed by atoms with Crippen LogP contribution in [0.4, 0.5) is 5.69 Å². The van der Waals surface area contributed by atoms with Gasteiger partial charge >= 0.3 is 0 Å². The predicted octanol–water partition coefficient (Wildman–Crippen LogP) is 3.16. The molecule has 3 rings (SSSR count). The molecule has 2 amide bonds. The van der Waals surface area contributed by atoms with Gasteiger partial charge in [0.05, 0.1) is 0 Å². The zero-order chi connectivity index (χ0) is 19.3. The molecule has 3 N–H and O–H groups in total. The van der Waals surface area contributed by atoms with Crippen molar-refractivity contribution in [1.82, 2.24) is 9.80 Å². The van der Waals surface area contributed by atoms with Crippen LogP contribution in [0.5, 0.6) is 0 Å². The van der Waals surface area contributed by atoms with Gasteiger partial charge in [-0.05, 0) is 56.1 Å². The average Bonchev–Trinajstić information content (AvgIpc) is 2.69. The van der Waals surface area contributed by atoms with Crippen LogP contribution in [0.1, 0.15) is 48.9 Å². The van der Waals surface area contributed by atoms with Gasteiger partial charge in [0.2, 0.25) is 5.91 Å². The largest absolute Gasteiger partial charge is 0.336 e. The summed E-state index contributed by atoms with van der Waals surface area (Å²) in [6, 6.07) is 7.24. The van der Waals surface area contributed by atoms with Gasteiger partial charge in [-0.2, -0.15) is 0 Å². The number of carbonyl (C=O) groups is 2. The van der Waals surface area contributed by atoms with Crippen molar-refractivity contribution < 1.29 is 9.59 Å². The standard InChI is InChI=1S/C21H32N4O2.2ClH/c1-24-11-13-25(14-12-24)20(27)17-5-7-18(8-6-17)23-19(26)15-21(16-22)9-3-2-4-10-21;;/h5-8H,2-4,9-16,22H2,1H3,(H,23,26);2*1H. The predicted molar refractivity (Wildman–Crippen MR) is 122 cm³/mol. The topological polar surface area (TPSA) is 78.7 Å². The van der Waals surface area contributed by atoms with Gasteiger partial charge in [-0.15, -0.1) is 24.8 Å². The first-order valence-corrected chi connectivity index (χ1v) is 10.1. The van der Waals surface area contributed by atoms with E-state index in [2.05, 4.69) is 17.3 Å². The molecular weight excluding hydrogens is 411 g/mol. The maximum atomic E-state index is 12.6. The van der Waals surface area contributed by atoms with E-state index in [0.29, 0.717) is 18.5 Å². The highest BCUT2D eigenvalue weighted by atomic mass is 35.5. The molecule has 1 aromatic rings. The molecule has 0 aromatic heterocycles. The van der Waals surface area contributed by atoms with Gasteiger partial charge in [-0.1, -0.05) is 19.3 Å². The molecule has 0 bridgehead atoms. The highest BCUT2D eigenvalue weighted by molar-refractivity contribution is 5.96. The molecule has 1 aliphatic carbocycles. The Hall–Kier alpha value is -1.34. The fraction of sp³-hybridized carbons (Fsp3) is 0.619.